The number of aromatic nitrogens is 2. The monoisotopic (exact) mass is 357 g/mol. The molecule has 0 saturated carbocycles. The summed E-state index contributed by atoms with van der Waals surface area (Å²) in [6.45, 7) is 4.38. The lowest BCUT2D eigenvalue weighted by molar-refractivity contribution is -0.162. The largest absolute Gasteiger partial charge is 0.478 e. The Hall–Kier alpha value is -2.83. The van der Waals surface area contributed by atoms with Gasteiger partial charge in [-0.25, -0.2) is 4.79 Å². The maximum atomic E-state index is 12.7. The van der Waals surface area contributed by atoms with E-state index in [0.29, 0.717) is 18.8 Å². The number of rotatable bonds is 5. The standard InChI is InChI=1S/C19H23N3O4/c1-14-5-6-16(13-20-14)26-19(18(24)25)7-11-22(12-8-19)17(23)15(2)21-9-3-4-10-21/h3-6,9-10,13,15H,7-8,11-12H2,1-2H3,(H,24,25)/t15-/m1/s1. The van der Waals surface area contributed by atoms with E-state index in [1.165, 1.54) is 6.20 Å². The molecular formula is C19H23N3O4. The molecule has 2 aromatic heterocycles. The highest BCUT2D eigenvalue weighted by molar-refractivity contribution is 5.82. The summed E-state index contributed by atoms with van der Waals surface area (Å²) >= 11 is 0. The number of likely N-dealkylation sites (tertiary alicyclic amines) is 1. The van der Waals surface area contributed by atoms with Crippen molar-refractivity contribution in [3.05, 3.63) is 48.5 Å². The van der Waals surface area contributed by atoms with Crippen LogP contribution in [0, 0.1) is 6.92 Å². The molecule has 1 fully saturated rings. The second-order valence-electron chi connectivity index (χ2n) is 6.67. The molecule has 1 N–H and O–H groups in total. The van der Waals surface area contributed by atoms with E-state index in [-0.39, 0.29) is 24.8 Å². The molecule has 26 heavy (non-hydrogen) atoms. The maximum absolute atomic E-state index is 12.7. The van der Waals surface area contributed by atoms with Crippen LogP contribution in [0.15, 0.2) is 42.9 Å². The molecule has 1 amide bonds. The minimum atomic E-state index is -1.33. The Morgan fingerprint density at radius 2 is 1.88 bits per heavy atom. The van der Waals surface area contributed by atoms with Gasteiger partial charge in [0.15, 0.2) is 0 Å². The summed E-state index contributed by atoms with van der Waals surface area (Å²) in [7, 11) is 0. The minimum Gasteiger partial charge on any atom is -0.478 e. The molecule has 3 heterocycles. The number of carbonyl (C=O) groups excluding carboxylic acids is 1. The zero-order valence-corrected chi connectivity index (χ0v) is 15.0. The molecule has 2 aromatic rings. The third-order valence-electron chi connectivity index (χ3n) is 4.90. The summed E-state index contributed by atoms with van der Waals surface area (Å²) in [6.07, 6.45) is 5.70. The molecule has 0 aliphatic carbocycles. The number of piperidine rings is 1. The van der Waals surface area contributed by atoms with Crippen molar-refractivity contribution in [2.75, 3.05) is 13.1 Å². The smallest absolute Gasteiger partial charge is 0.348 e. The van der Waals surface area contributed by atoms with Crippen LogP contribution < -0.4 is 4.74 Å². The number of carboxylic acid groups (broad SMARTS) is 1. The molecular weight excluding hydrogens is 334 g/mol. The highest BCUT2D eigenvalue weighted by atomic mass is 16.5. The summed E-state index contributed by atoms with van der Waals surface area (Å²) in [5.41, 5.74) is -0.495. The average Bonchev–Trinajstić information content (AvgIpc) is 3.17. The molecule has 1 saturated heterocycles. The van der Waals surface area contributed by atoms with Crippen molar-refractivity contribution in [3.8, 4) is 5.75 Å². The zero-order chi connectivity index (χ0) is 18.7. The Labute approximate surface area is 152 Å². The van der Waals surface area contributed by atoms with E-state index in [1.807, 2.05) is 42.9 Å². The van der Waals surface area contributed by atoms with Crippen LogP contribution in [-0.4, -0.2) is 50.1 Å². The van der Waals surface area contributed by atoms with Crippen LogP contribution in [0.25, 0.3) is 0 Å². The van der Waals surface area contributed by atoms with Crippen molar-refractivity contribution in [3.63, 3.8) is 0 Å². The quantitative estimate of drug-likeness (QED) is 0.887. The van der Waals surface area contributed by atoms with E-state index in [4.69, 9.17) is 4.74 Å². The fraction of sp³-hybridized carbons (Fsp3) is 0.421. The fourth-order valence-electron chi connectivity index (χ4n) is 3.19. The maximum Gasteiger partial charge on any atom is 0.348 e. The fourth-order valence-corrected chi connectivity index (χ4v) is 3.19. The zero-order valence-electron chi connectivity index (χ0n) is 15.0. The molecule has 0 spiro atoms. The molecule has 138 valence electrons. The number of hydrogen-bond donors (Lipinski definition) is 1. The SMILES string of the molecule is Cc1ccc(OC2(C(=O)O)CCN(C(=O)[C@@H](C)n3cccc3)CC2)cn1. The predicted molar refractivity (Wildman–Crippen MR) is 94.9 cm³/mol. The Balaban J connectivity index is 1.68. The number of nitrogens with zero attached hydrogens (tertiary/aromatic N) is 3. The van der Waals surface area contributed by atoms with E-state index >= 15 is 0 Å². The van der Waals surface area contributed by atoms with Gasteiger partial charge in [-0.05, 0) is 38.1 Å². The van der Waals surface area contributed by atoms with Gasteiger partial charge in [-0.2, -0.15) is 0 Å². The molecule has 1 aliphatic heterocycles. The first-order valence-electron chi connectivity index (χ1n) is 8.68. The number of amides is 1. The van der Waals surface area contributed by atoms with Gasteiger partial charge in [-0.1, -0.05) is 0 Å². The van der Waals surface area contributed by atoms with Crippen LogP contribution in [0.2, 0.25) is 0 Å². The van der Waals surface area contributed by atoms with Gasteiger partial charge in [0.05, 0.1) is 6.20 Å². The summed E-state index contributed by atoms with van der Waals surface area (Å²) in [6, 6.07) is 6.93. The van der Waals surface area contributed by atoms with Crippen molar-refractivity contribution in [1.82, 2.24) is 14.5 Å². The van der Waals surface area contributed by atoms with Gasteiger partial charge in [0.2, 0.25) is 11.5 Å². The molecule has 7 nitrogen and oxygen atoms in total. The van der Waals surface area contributed by atoms with E-state index in [9.17, 15) is 14.7 Å². The number of carbonyl (C=O) groups is 2. The number of aliphatic carboxylic acids is 1. The molecule has 0 aromatic carbocycles. The molecule has 0 unspecified atom stereocenters. The number of pyridine rings is 1. The minimum absolute atomic E-state index is 0.0165. The summed E-state index contributed by atoms with van der Waals surface area (Å²) < 4.78 is 7.66. The number of carboxylic acids is 1. The summed E-state index contributed by atoms with van der Waals surface area (Å²) in [5, 5.41) is 9.74. The van der Waals surface area contributed by atoms with Gasteiger partial charge >= 0.3 is 5.97 Å². The lowest BCUT2D eigenvalue weighted by Crippen LogP contribution is -2.55. The highest BCUT2D eigenvalue weighted by Crippen LogP contribution is 2.30. The van der Waals surface area contributed by atoms with Crippen molar-refractivity contribution < 1.29 is 19.4 Å². The van der Waals surface area contributed by atoms with Crippen LogP contribution in [0.4, 0.5) is 0 Å². The van der Waals surface area contributed by atoms with Crippen molar-refractivity contribution in [1.29, 1.82) is 0 Å². The number of hydrogen-bond acceptors (Lipinski definition) is 4. The second-order valence-corrected chi connectivity index (χ2v) is 6.67. The topological polar surface area (TPSA) is 84.7 Å². The normalized spacial score (nSPS) is 17.5. The third-order valence-corrected chi connectivity index (χ3v) is 4.90. The summed E-state index contributed by atoms with van der Waals surface area (Å²) in [4.78, 5) is 30.4. The molecule has 3 rings (SSSR count). The number of aryl methyl sites for hydroxylation is 1. The molecule has 0 bridgehead atoms. The van der Waals surface area contributed by atoms with Crippen molar-refractivity contribution in [2.45, 2.75) is 38.3 Å². The third kappa shape index (κ3) is 3.56. The Bertz CT molecular complexity index is 763. The van der Waals surface area contributed by atoms with E-state index in [1.54, 1.807) is 17.0 Å². The van der Waals surface area contributed by atoms with E-state index in [2.05, 4.69) is 4.98 Å². The first-order valence-corrected chi connectivity index (χ1v) is 8.68. The highest BCUT2D eigenvalue weighted by Gasteiger charge is 2.45. The van der Waals surface area contributed by atoms with Crippen molar-refractivity contribution in [2.24, 2.45) is 0 Å². The van der Waals surface area contributed by atoms with Crippen molar-refractivity contribution >= 4 is 11.9 Å². The summed E-state index contributed by atoms with van der Waals surface area (Å²) in [5.74, 6) is -0.598. The van der Waals surface area contributed by atoms with Gasteiger partial charge in [0.25, 0.3) is 0 Å². The van der Waals surface area contributed by atoms with Gasteiger partial charge in [0.1, 0.15) is 11.8 Å². The molecule has 0 radical (unpaired) electrons. The number of ether oxygens (including phenoxy) is 1. The van der Waals surface area contributed by atoms with E-state index < -0.39 is 11.6 Å². The average molecular weight is 357 g/mol. The Morgan fingerprint density at radius 3 is 2.42 bits per heavy atom. The van der Waals surface area contributed by atoms with Gasteiger partial charge < -0.3 is 19.3 Å². The molecule has 7 heteroatoms. The predicted octanol–water partition coefficient (Wildman–Crippen LogP) is 2.28. The van der Waals surface area contributed by atoms with Gasteiger partial charge in [-0.15, -0.1) is 0 Å². The molecule has 1 atom stereocenters. The van der Waals surface area contributed by atoms with Crippen LogP contribution in [0.1, 0.15) is 31.5 Å². The first-order chi connectivity index (χ1) is 12.4. The lowest BCUT2D eigenvalue weighted by Gasteiger charge is -2.39. The van der Waals surface area contributed by atoms with Gasteiger partial charge in [0, 0.05) is 44.0 Å². The van der Waals surface area contributed by atoms with Gasteiger partial charge in [-0.3, -0.25) is 9.78 Å². The van der Waals surface area contributed by atoms with E-state index in [0.717, 1.165) is 5.69 Å². The second kappa shape index (κ2) is 7.19. The lowest BCUT2D eigenvalue weighted by atomic mass is 9.90. The van der Waals surface area contributed by atoms with Crippen LogP contribution in [-0.2, 0) is 9.59 Å². The molecule has 1 aliphatic rings. The Kier molecular flexibility index (Phi) is 4.97. The van der Waals surface area contributed by atoms with Crippen LogP contribution >= 0.6 is 0 Å². The van der Waals surface area contributed by atoms with Crippen LogP contribution in [0.5, 0.6) is 5.75 Å². The first kappa shape index (κ1) is 18.0. The Morgan fingerprint density at radius 1 is 1.23 bits per heavy atom. The van der Waals surface area contributed by atoms with Crippen LogP contribution in [0.3, 0.4) is 0 Å².